The second-order valence-corrected chi connectivity index (χ2v) is 4.67. The number of aromatic nitrogens is 2. The molecule has 0 atom stereocenters. The molecule has 0 aliphatic heterocycles. The summed E-state index contributed by atoms with van der Waals surface area (Å²) >= 11 is 0. The van der Waals surface area contributed by atoms with Crippen LogP contribution in [0.2, 0.25) is 0 Å². The fraction of sp³-hybridized carbons (Fsp3) is 0.125. The van der Waals surface area contributed by atoms with Crippen molar-refractivity contribution < 1.29 is 9.63 Å². The van der Waals surface area contributed by atoms with E-state index in [1.54, 1.807) is 24.3 Å². The van der Waals surface area contributed by atoms with Crippen LogP contribution in [0.15, 0.2) is 53.1 Å². The van der Waals surface area contributed by atoms with Crippen molar-refractivity contribution in [2.75, 3.05) is 0 Å². The third-order valence-corrected chi connectivity index (χ3v) is 3.19. The maximum Gasteiger partial charge on any atom is 0.257 e. The van der Waals surface area contributed by atoms with Crippen molar-refractivity contribution in [1.82, 2.24) is 10.1 Å². The summed E-state index contributed by atoms with van der Waals surface area (Å²) < 4.78 is 5.26. The van der Waals surface area contributed by atoms with Gasteiger partial charge in [-0.2, -0.15) is 4.98 Å². The molecule has 0 amide bonds. The zero-order chi connectivity index (χ0) is 13.9. The van der Waals surface area contributed by atoms with Crippen LogP contribution in [0.4, 0.5) is 0 Å². The molecule has 0 radical (unpaired) electrons. The van der Waals surface area contributed by atoms with E-state index in [-0.39, 0.29) is 5.75 Å². The van der Waals surface area contributed by atoms with E-state index < -0.39 is 0 Å². The van der Waals surface area contributed by atoms with Crippen LogP contribution >= 0.6 is 0 Å². The summed E-state index contributed by atoms with van der Waals surface area (Å²) in [6.45, 7) is 2.07. The van der Waals surface area contributed by atoms with Gasteiger partial charge in [-0.3, -0.25) is 0 Å². The first-order valence-corrected chi connectivity index (χ1v) is 6.39. The Morgan fingerprint density at radius 3 is 2.55 bits per heavy atom. The second-order valence-electron chi connectivity index (χ2n) is 4.67. The highest BCUT2D eigenvalue weighted by Crippen LogP contribution is 2.21. The predicted molar refractivity (Wildman–Crippen MR) is 75.4 cm³/mol. The molecule has 4 heteroatoms. The molecule has 0 fully saturated rings. The number of hydrogen-bond donors (Lipinski definition) is 1. The molecule has 4 nitrogen and oxygen atoms in total. The quantitative estimate of drug-likeness (QED) is 0.789. The van der Waals surface area contributed by atoms with E-state index in [1.807, 2.05) is 12.1 Å². The first-order chi connectivity index (χ1) is 9.72. The molecule has 0 spiro atoms. The molecule has 3 aromatic rings. The zero-order valence-corrected chi connectivity index (χ0v) is 11.1. The lowest BCUT2D eigenvalue weighted by molar-refractivity contribution is 0.423. The average Bonchev–Trinajstić information content (AvgIpc) is 2.91. The minimum Gasteiger partial charge on any atom is -0.508 e. The number of hydrogen-bond acceptors (Lipinski definition) is 4. The lowest BCUT2D eigenvalue weighted by atomic mass is 10.1. The van der Waals surface area contributed by atoms with E-state index in [4.69, 9.17) is 4.52 Å². The van der Waals surface area contributed by atoms with Gasteiger partial charge >= 0.3 is 0 Å². The van der Waals surface area contributed by atoms with Gasteiger partial charge in [0.15, 0.2) is 5.82 Å². The third-order valence-electron chi connectivity index (χ3n) is 3.19. The maximum absolute atomic E-state index is 9.27. The molecule has 0 unspecified atom stereocenters. The highest BCUT2D eigenvalue weighted by Gasteiger charge is 2.10. The van der Waals surface area contributed by atoms with E-state index in [2.05, 4.69) is 29.2 Å². The fourth-order valence-corrected chi connectivity index (χ4v) is 2.03. The van der Waals surface area contributed by atoms with Crippen molar-refractivity contribution in [3.05, 3.63) is 65.5 Å². The molecular formula is C16H14N2O2. The van der Waals surface area contributed by atoms with Gasteiger partial charge in [0.1, 0.15) is 5.75 Å². The van der Waals surface area contributed by atoms with Crippen LogP contribution in [0.25, 0.3) is 11.5 Å². The van der Waals surface area contributed by atoms with E-state index in [0.717, 1.165) is 5.56 Å². The first kappa shape index (κ1) is 12.4. The number of benzene rings is 2. The number of aromatic hydroxyl groups is 1. The van der Waals surface area contributed by atoms with Crippen LogP contribution in [0.5, 0.6) is 5.75 Å². The molecule has 100 valence electrons. The maximum atomic E-state index is 9.27. The number of nitrogens with zero attached hydrogens (tertiary/aromatic N) is 2. The molecule has 1 aromatic heterocycles. The zero-order valence-electron chi connectivity index (χ0n) is 11.1. The predicted octanol–water partition coefficient (Wildman–Crippen LogP) is 3.34. The van der Waals surface area contributed by atoms with Crippen LogP contribution in [0.3, 0.4) is 0 Å². The lowest BCUT2D eigenvalue weighted by Crippen LogP contribution is -1.93. The second kappa shape index (κ2) is 5.17. The van der Waals surface area contributed by atoms with Crippen molar-refractivity contribution in [1.29, 1.82) is 0 Å². The number of rotatable bonds is 3. The molecule has 0 aliphatic carbocycles. The van der Waals surface area contributed by atoms with E-state index >= 15 is 0 Å². The molecule has 20 heavy (non-hydrogen) atoms. The average molecular weight is 266 g/mol. The standard InChI is InChI=1S/C16H14N2O2/c1-11-4-2-3-5-13(11)10-15-17-16(20-18-15)12-6-8-14(19)9-7-12/h2-9,19H,10H2,1H3. The van der Waals surface area contributed by atoms with Gasteiger partial charge in [0.25, 0.3) is 5.89 Å². The third kappa shape index (κ3) is 2.54. The smallest absolute Gasteiger partial charge is 0.257 e. The normalized spacial score (nSPS) is 10.7. The van der Waals surface area contributed by atoms with Gasteiger partial charge in [-0.25, -0.2) is 0 Å². The molecule has 2 aromatic carbocycles. The largest absolute Gasteiger partial charge is 0.508 e. The van der Waals surface area contributed by atoms with Crippen LogP contribution in [-0.2, 0) is 6.42 Å². The van der Waals surface area contributed by atoms with Crippen LogP contribution in [0.1, 0.15) is 17.0 Å². The summed E-state index contributed by atoms with van der Waals surface area (Å²) in [5, 5.41) is 13.3. The molecular weight excluding hydrogens is 252 g/mol. The Bertz CT molecular complexity index is 717. The van der Waals surface area contributed by atoms with Gasteiger partial charge in [0, 0.05) is 12.0 Å². The summed E-state index contributed by atoms with van der Waals surface area (Å²) in [6, 6.07) is 14.8. The Hall–Kier alpha value is -2.62. The van der Waals surface area contributed by atoms with Gasteiger partial charge in [-0.05, 0) is 42.3 Å². The highest BCUT2D eigenvalue weighted by atomic mass is 16.5. The molecule has 1 heterocycles. The number of phenolic OH excluding ortho intramolecular Hbond substituents is 1. The topological polar surface area (TPSA) is 59.2 Å². The van der Waals surface area contributed by atoms with Gasteiger partial charge in [-0.15, -0.1) is 0 Å². The van der Waals surface area contributed by atoms with Crippen molar-refractivity contribution in [3.8, 4) is 17.2 Å². The van der Waals surface area contributed by atoms with Crippen molar-refractivity contribution in [2.24, 2.45) is 0 Å². The van der Waals surface area contributed by atoms with Gasteiger partial charge < -0.3 is 9.63 Å². The van der Waals surface area contributed by atoms with Crippen LogP contribution in [-0.4, -0.2) is 15.2 Å². The Morgan fingerprint density at radius 2 is 1.80 bits per heavy atom. The molecule has 0 saturated carbocycles. The van der Waals surface area contributed by atoms with Crippen molar-refractivity contribution in [3.63, 3.8) is 0 Å². The van der Waals surface area contributed by atoms with Crippen LogP contribution in [0, 0.1) is 6.92 Å². The van der Waals surface area contributed by atoms with E-state index in [9.17, 15) is 5.11 Å². The van der Waals surface area contributed by atoms with Gasteiger partial charge in [0.2, 0.25) is 0 Å². The van der Waals surface area contributed by atoms with Gasteiger partial charge in [-0.1, -0.05) is 29.4 Å². The monoisotopic (exact) mass is 266 g/mol. The Kier molecular flexibility index (Phi) is 3.21. The molecule has 0 aliphatic rings. The van der Waals surface area contributed by atoms with E-state index in [0.29, 0.717) is 18.1 Å². The number of aryl methyl sites for hydroxylation is 1. The summed E-state index contributed by atoms with van der Waals surface area (Å²) in [5.74, 6) is 1.34. The Labute approximate surface area is 116 Å². The minimum absolute atomic E-state index is 0.216. The van der Waals surface area contributed by atoms with Crippen LogP contribution < -0.4 is 0 Å². The summed E-state index contributed by atoms with van der Waals surface area (Å²) in [7, 11) is 0. The molecule has 0 saturated heterocycles. The lowest BCUT2D eigenvalue weighted by Gasteiger charge is -2.00. The van der Waals surface area contributed by atoms with E-state index in [1.165, 1.54) is 11.1 Å². The Morgan fingerprint density at radius 1 is 1.05 bits per heavy atom. The number of phenols is 1. The first-order valence-electron chi connectivity index (χ1n) is 6.39. The SMILES string of the molecule is Cc1ccccc1Cc1noc(-c2ccc(O)cc2)n1. The molecule has 3 rings (SSSR count). The minimum atomic E-state index is 0.216. The Balaban J connectivity index is 1.84. The summed E-state index contributed by atoms with van der Waals surface area (Å²) in [5.41, 5.74) is 3.19. The molecule has 0 bridgehead atoms. The molecule has 1 N–H and O–H groups in total. The summed E-state index contributed by atoms with van der Waals surface area (Å²) in [6.07, 6.45) is 0.647. The summed E-state index contributed by atoms with van der Waals surface area (Å²) in [4.78, 5) is 4.39. The fourth-order valence-electron chi connectivity index (χ4n) is 2.03. The van der Waals surface area contributed by atoms with Gasteiger partial charge in [0.05, 0.1) is 0 Å². The van der Waals surface area contributed by atoms with Crippen molar-refractivity contribution >= 4 is 0 Å². The highest BCUT2D eigenvalue weighted by molar-refractivity contribution is 5.54. The van der Waals surface area contributed by atoms with Crippen molar-refractivity contribution in [2.45, 2.75) is 13.3 Å².